The van der Waals surface area contributed by atoms with E-state index >= 15 is 0 Å². The third-order valence-corrected chi connectivity index (χ3v) is 5.56. The molecular formula is C15H25ClN2O2S. The lowest BCUT2D eigenvalue weighted by atomic mass is 10.2. The largest absolute Gasteiger partial charge is 0.313 e. The van der Waals surface area contributed by atoms with E-state index in [9.17, 15) is 8.42 Å². The van der Waals surface area contributed by atoms with E-state index in [1.54, 1.807) is 18.2 Å². The van der Waals surface area contributed by atoms with E-state index < -0.39 is 10.0 Å². The minimum atomic E-state index is -3.44. The Hall–Kier alpha value is -0.620. The molecule has 0 aliphatic rings. The first-order valence-corrected chi connectivity index (χ1v) is 9.28. The van der Waals surface area contributed by atoms with Gasteiger partial charge in [-0.15, -0.1) is 0 Å². The van der Waals surface area contributed by atoms with Gasteiger partial charge in [0, 0.05) is 24.7 Å². The molecule has 1 N–H and O–H groups in total. The van der Waals surface area contributed by atoms with Crippen LogP contribution in [-0.4, -0.2) is 32.4 Å². The van der Waals surface area contributed by atoms with E-state index in [2.05, 4.69) is 12.2 Å². The summed E-state index contributed by atoms with van der Waals surface area (Å²) in [5, 5.41) is 3.84. The van der Waals surface area contributed by atoms with Gasteiger partial charge >= 0.3 is 0 Å². The fourth-order valence-corrected chi connectivity index (χ4v) is 3.87. The predicted molar refractivity (Wildman–Crippen MR) is 88.2 cm³/mol. The predicted octanol–water partition coefficient (Wildman–Crippen LogP) is 3.26. The molecule has 0 radical (unpaired) electrons. The maximum atomic E-state index is 12.6. The molecule has 0 saturated heterocycles. The minimum Gasteiger partial charge on any atom is -0.313 e. The topological polar surface area (TPSA) is 49.4 Å². The van der Waals surface area contributed by atoms with Gasteiger partial charge in [0.1, 0.15) is 0 Å². The van der Waals surface area contributed by atoms with E-state index in [1.807, 2.05) is 13.8 Å². The van der Waals surface area contributed by atoms with Crippen molar-refractivity contribution in [3.8, 4) is 0 Å². The first kappa shape index (κ1) is 18.4. The Balaban J connectivity index is 3.04. The Morgan fingerprint density at radius 1 is 1.19 bits per heavy atom. The highest BCUT2D eigenvalue weighted by atomic mass is 35.5. The Morgan fingerprint density at radius 3 is 2.48 bits per heavy atom. The molecule has 1 rings (SSSR count). The highest BCUT2D eigenvalue weighted by Gasteiger charge is 2.22. The molecule has 0 fully saturated rings. The van der Waals surface area contributed by atoms with E-state index in [0.29, 0.717) is 29.6 Å². The van der Waals surface area contributed by atoms with Crippen LogP contribution in [0.4, 0.5) is 0 Å². The molecule has 0 heterocycles. The molecule has 0 amide bonds. The van der Waals surface area contributed by atoms with Gasteiger partial charge in [0.15, 0.2) is 0 Å². The van der Waals surface area contributed by atoms with Gasteiger partial charge in [0.2, 0.25) is 10.0 Å². The quantitative estimate of drug-likeness (QED) is 0.706. The standard InChI is InChI=1S/C15H25ClN2O2S/c1-4-9-17-12-13-11-14(7-8-15(13)16)21(19,20)18(6-3)10-5-2/h7-8,11,17H,4-6,9-10,12H2,1-3H3. The fraction of sp³-hybridized carbons (Fsp3) is 0.600. The van der Waals surface area contributed by atoms with Gasteiger partial charge in [-0.1, -0.05) is 32.4 Å². The van der Waals surface area contributed by atoms with Crippen molar-refractivity contribution in [3.63, 3.8) is 0 Å². The lowest BCUT2D eigenvalue weighted by Gasteiger charge is -2.20. The summed E-state index contributed by atoms with van der Waals surface area (Å²) in [7, 11) is -3.44. The summed E-state index contributed by atoms with van der Waals surface area (Å²) in [6.45, 7) is 8.37. The van der Waals surface area contributed by atoms with Crippen molar-refractivity contribution in [2.24, 2.45) is 0 Å². The summed E-state index contributed by atoms with van der Waals surface area (Å²) < 4.78 is 26.7. The Bertz CT molecular complexity index is 547. The van der Waals surface area contributed by atoms with Crippen LogP contribution >= 0.6 is 11.6 Å². The van der Waals surface area contributed by atoms with Crippen molar-refractivity contribution in [2.45, 2.75) is 45.1 Å². The summed E-state index contributed by atoms with van der Waals surface area (Å²) in [6, 6.07) is 4.93. The molecule has 120 valence electrons. The number of rotatable bonds is 9. The molecule has 1 aromatic rings. The summed E-state index contributed by atoms with van der Waals surface area (Å²) in [5.41, 5.74) is 0.818. The van der Waals surface area contributed by atoms with Crippen molar-refractivity contribution < 1.29 is 8.42 Å². The normalized spacial score (nSPS) is 12.0. The second-order valence-electron chi connectivity index (χ2n) is 4.93. The summed E-state index contributed by atoms with van der Waals surface area (Å²) >= 11 is 6.15. The molecule has 0 aromatic heterocycles. The fourth-order valence-electron chi connectivity index (χ4n) is 2.09. The van der Waals surface area contributed by atoms with Gasteiger partial charge in [-0.25, -0.2) is 8.42 Å². The summed E-state index contributed by atoms with van der Waals surface area (Å²) in [5.74, 6) is 0. The summed E-state index contributed by atoms with van der Waals surface area (Å²) in [6.07, 6.45) is 1.82. The lowest BCUT2D eigenvalue weighted by molar-refractivity contribution is 0.427. The van der Waals surface area contributed by atoms with Crippen LogP contribution in [0.25, 0.3) is 0 Å². The number of hydrogen-bond acceptors (Lipinski definition) is 3. The molecule has 0 aliphatic carbocycles. The Kier molecular flexibility index (Phi) is 7.66. The smallest absolute Gasteiger partial charge is 0.243 e. The van der Waals surface area contributed by atoms with E-state index in [1.165, 1.54) is 4.31 Å². The van der Waals surface area contributed by atoms with Crippen molar-refractivity contribution in [2.75, 3.05) is 19.6 Å². The third kappa shape index (κ3) is 4.95. The molecule has 1 aromatic carbocycles. The molecular weight excluding hydrogens is 308 g/mol. The number of sulfonamides is 1. The van der Waals surface area contributed by atoms with Gasteiger partial charge in [-0.2, -0.15) is 4.31 Å². The van der Waals surface area contributed by atoms with Crippen LogP contribution in [0.2, 0.25) is 5.02 Å². The van der Waals surface area contributed by atoms with E-state index in [-0.39, 0.29) is 0 Å². The second kappa shape index (κ2) is 8.73. The van der Waals surface area contributed by atoms with Crippen molar-refractivity contribution >= 4 is 21.6 Å². The number of nitrogens with one attached hydrogen (secondary N) is 1. The molecule has 0 atom stereocenters. The number of benzene rings is 1. The van der Waals surface area contributed by atoms with Crippen LogP contribution in [0.5, 0.6) is 0 Å². The van der Waals surface area contributed by atoms with E-state index in [4.69, 9.17) is 11.6 Å². The zero-order chi connectivity index (χ0) is 15.9. The Morgan fingerprint density at radius 2 is 1.90 bits per heavy atom. The number of hydrogen-bond donors (Lipinski definition) is 1. The van der Waals surface area contributed by atoms with Gasteiger partial charge in [0.05, 0.1) is 4.90 Å². The molecule has 0 saturated carbocycles. The van der Waals surface area contributed by atoms with Crippen LogP contribution in [0.3, 0.4) is 0 Å². The molecule has 6 heteroatoms. The van der Waals surface area contributed by atoms with Crippen LogP contribution in [0.1, 0.15) is 39.2 Å². The monoisotopic (exact) mass is 332 g/mol. The van der Waals surface area contributed by atoms with Crippen LogP contribution in [-0.2, 0) is 16.6 Å². The van der Waals surface area contributed by atoms with E-state index in [0.717, 1.165) is 24.9 Å². The van der Waals surface area contributed by atoms with Gasteiger partial charge < -0.3 is 5.32 Å². The minimum absolute atomic E-state index is 0.315. The van der Waals surface area contributed by atoms with Gasteiger partial charge in [-0.05, 0) is 43.1 Å². The van der Waals surface area contributed by atoms with Crippen LogP contribution < -0.4 is 5.32 Å². The molecule has 0 spiro atoms. The maximum absolute atomic E-state index is 12.6. The zero-order valence-corrected chi connectivity index (χ0v) is 14.6. The molecule has 0 aliphatic heterocycles. The second-order valence-corrected chi connectivity index (χ2v) is 7.27. The average Bonchev–Trinajstić information content (AvgIpc) is 2.46. The van der Waals surface area contributed by atoms with Crippen molar-refractivity contribution in [1.29, 1.82) is 0 Å². The highest BCUT2D eigenvalue weighted by Crippen LogP contribution is 2.23. The van der Waals surface area contributed by atoms with Gasteiger partial charge in [-0.3, -0.25) is 0 Å². The first-order valence-electron chi connectivity index (χ1n) is 7.46. The molecule has 4 nitrogen and oxygen atoms in total. The summed E-state index contributed by atoms with van der Waals surface area (Å²) in [4.78, 5) is 0.315. The first-order chi connectivity index (χ1) is 9.97. The molecule has 0 unspecified atom stereocenters. The lowest BCUT2D eigenvalue weighted by Crippen LogP contribution is -2.31. The molecule has 0 bridgehead atoms. The zero-order valence-electron chi connectivity index (χ0n) is 13.0. The van der Waals surface area contributed by atoms with Crippen molar-refractivity contribution in [1.82, 2.24) is 9.62 Å². The molecule has 21 heavy (non-hydrogen) atoms. The maximum Gasteiger partial charge on any atom is 0.243 e. The Labute approximate surface area is 133 Å². The van der Waals surface area contributed by atoms with Crippen LogP contribution in [0, 0.1) is 0 Å². The van der Waals surface area contributed by atoms with Gasteiger partial charge in [0.25, 0.3) is 0 Å². The highest BCUT2D eigenvalue weighted by molar-refractivity contribution is 7.89. The number of nitrogens with zero attached hydrogens (tertiary/aromatic N) is 1. The third-order valence-electron chi connectivity index (χ3n) is 3.22. The SMILES string of the molecule is CCCNCc1cc(S(=O)(=O)N(CC)CCC)ccc1Cl. The number of halogens is 1. The van der Waals surface area contributed by atoms with Crippen molar-refractivity contribution in [3.05, 3.63) is 28.8 Å². The van der Waals surface area contributed by atoms with Crippen LogP contribution in [0.15, 0.2) is 23.1 Å². The average molecular weight is 333 g/mol.